The number of alkyl halides is 3. The molecule has 0 aliphatic heterocycles. The Bertz CT molecular complexity index is 715. The largest absolute Gasteiger partial charge is 0.482 e. The Hall–Kier alpha value is -2.54. The third kappa shape index (κ3) is 5.23. The molecule has 140 valence electrons. The first-order valence-corrected chi connectivity index (χ1v) is 8.03. The maximum absolute atomic E-state index is 12.7. The minimum Gasteiger partial charge on any atom is -0.482 e. The molecule has 4 nitrogen and oxygen atoms in total. The predicted octanol–water partition coefficient (Wildman–Crippen LogP) is 4.10. The second-order valence-corrected chi connectivity index (χ2v) is 5.90. The smallest absolute Gasteiger partial charge is 0.416 e. The van der Waals surface area contributed by atoms with Crippen molar-refractivity contribution in [3.8, 4) is 5.75 Å². The van der Waals surface area contributed by atoms with Crippen molar-refractivity contribution in [2.24, 2.45) is 5.73 Å². The summed E-state index contributed by atoms with van der Waals surface area (Å²) in [6.07, 6.45) is -5.81. The van der Waals surface area contributed by atoms with Crippen molar-refractivity contribution >= 4 is 5.97 Å². The molecule has 26 heavy (non-hydrogen) atoms. The quantitative estimate of drug-likeness (QED) is 0.781. The van der Waals surface area contributed by atoms with Crippen molar-refractivity contribution in [3.63, 3.8) is 0 Å². The van der Waals surface area contributed by atoms with Gasteiger partial charge in [0.25, 0.3) is 0 Å². The van der Waals surface area contributed by atoms with E-state index in [0.717, 1.165) is 17.7 Å². The summed E-state index contributed by atoms with van der Waals surface area (Å²) in [6, 6.07) is 12.5. The van der Waals surface area contributed by atoms with Crippen LogP contribution in [0.4, 0.5) is 13.2 Å². The molecule has 2 aromatic rings. The molecular formula is C19H20F3NO3. The highest BCUT2D eigenvalue weighted by molar-refractivity contribution is 5.75. The molecule has 2 rings (SSSR count). The summed E-state index contributed by atoms with van der Waals surface area (Å²) in [5.41, 5.74) is 5.46. The van der Waals surface area contributed by atoms with Crippen LogP contribution in [0.2, 0.25) is 0 Å². The topological polar surface area (TPSA) is 61.6 Å². The van der Waals surface area contributed by atoms with E-state index in [2.05, 4.69) is 0 Å². The number of nitrogens with two attached hydrogens (primary N) is 1. The van der Waals surface area contributed by atoms with Crippen molar-refractivity contribution in [1.29, 1.82) is 0 Å². The van der Waals surface area contributed by atoms with Crippen molar-refractivity contribution in [3.05, 3.63) is 65.7 Å². The fraction of sp³-hybridized carbons (Fsp3) is 0.316. The van der Waals surface area contributed by atoms with Gasteiger partial charge in [-0.1, -0.05) is 30.3 Å². The summed E-state index contributed by atoms with van der Waals surface area (Å²) in [6.45, 7) is 3.14. The molecule has 0 heterocycles. The molecule has 0 unspecified atom stereocenters. The molecule has 0 saturated carbocycles. The number of rotatable bonds is 6. The summed E-state index contributed by atoms with van der Waals surface area (Å²) in [5.74, 6) is -0.356. The first-order chi connectivity index (χ1) is 12.2. The number of carbonyl (C=O) groups excluding carboxylic acids is 1. The number of esters is 1. The molecule has 0 aliphatic carbocycles. The second-order valence-electron chi connectivity index (χ2n) is 5.90. The van der Waals surface area contributed by atoms with E-state index < -0.39 is 36.0 Å². The van der Waals surface area contributed by atoms with Gasteiger partial charge in [0.15, 0.2) is 6.10 Å². The highest BCUT2D eigenvalue weighted by Gasteiger charge is 2.31. The van der Waals surface area contributed by atoms with Crippen LogP contribution in [0.3, 0.4) is 0 Å². The van der Waals surface area contributed by atoms with Crippen molar-refractivity contribution in [2.45, 2.75) is 38.3 Å². The monoisotopic (exact) mass is 367 g/mol. The molecule has 0 spiro atoms. The third-order valence-corrected chi connectivity index (χ3v) is 3.67. The first-order valence-electron chi connectivity index (χ1n) is 8.03. The van der Waals surface area contributed by atoms with Gasteiger partial charge in [0.2, 0.25) is 0 Å². The molecule has 7 heteroatoms. The third-order valence-electron chi connectivity index (χ3n) is 3.67. The van der Waals surface area contributed by atoms with E-state index in [-0.39, 0.29) is 5.75 Å². The summed E-state index contributed by atoms with van der Waals surface area (Å²) < 4.78 is 49.2. The maximum atomic E-state index is 12.7. The molecule has 2 aromatic carbocycles. The van der Waals surface area contributed by atoms with E-state index in [1.807, 2.05) is 6.07 Å². The Labute approximate surface area is 149 Å². The van der Waals surface area contributed by atoms with E-state index in [1.54, 1.807) is 31.2 Å². The van der Waals surface area contributed by atoms with E-state index in [1.165, 1.54) is 19.1 Å². The standard InChI is InChI=1S/C19H20F3NO3/c1-12(23)18(24)25-13(2)17(14-6-4-3-5-7-14)26-16-10-8-15(9-11-16)19(20,21)22/h3-13,17H,23H2,1-2H3/t12-,13-,17-/m0/s1. The fourth-order valence-corrected chi connectivity index (χ4v) is 2.30. The number of hydrogen-bond acceptors (Lipinski definition) is 4. The summed E-state index contributed by atoms with van der Waals surface area (Å²) >= 11 is 0. The number of ether oxygens (including phenoxy) is 2. The Morgan fingerprint density at radius 1 is 1.00 bits per heavy atom. The highest BCUT2D eigenvalue weighted by atomic mass is 19.4. The molecular weight excluding hydrogens is 347 g/mol. The van der Waals surface area contributed by atoms with E-state index in [9.17, 15) is 18.0 Å². The lowest BCUT2D eigenvalue weighted by Gasteiger charge is -2.26. The lowest BCUT2D eigenvalue weighted by Crippen LogP contribution is -2.34. The molecule has 0 bridgehead atoms. The summed E-state index contributed by atoms with van der Waals surface area (Å²) in [7, 11) is 0. The van der Waals surface area contributed by atoms with Gasteiger partial charge in [0.05, 0.1) is 5.56 Å². The van der Waals surface area contributed by atoms with Gasteiger partial charge in [-0.15, -0.1) is 0 Å². The van der Waals surface area contributed by atoms with Crippen LogP contribution in [0.5, 0.6) is 5.75 Å². The molecule has 0 aromatic heterocycles. The lowest BCUT2D eigenvalue weighted by atomic mass is 10.0. The van der Waals surface area contributed by atoms with Crippen LogP contribution in [0, 0.1) is 0 Å². The van der Waals surface area contributed by atoms with Crippen LogP contribution in [0.1, 0.15) is 31.1 Å². The fourth-order valence-electron chi connectivity index (χ4n) is 2.30. The molecule has 2 N–H and O–H groups in total. The van der Waals surface area contributed by atoms with Crippen LogP contribution in [0.25, 0.3) is 0 Å². The molecule has 3 atom stereocenters. The van der Waals surface area contributed by atoms with E-state index >= 15 is 0 Å². The normalized spacial score (nSPS) is 15.0. The van der Waals surface area contributed by atoms with Gasteiger partial charge in [-0.3, -0.25) is 4.79 Å². The Kier molecular flexibility index (Phi) is 6.26. The SMILES string of the molecule is C[C@H](N)C(=O)O[C@@H](C)[C@H](Oc1ccc(C(F)(F)F)cc1)c1ccccc1. The minimum absolute atomic E-state index is 0.232. The van der Waals surface area contributed by atoms with E-state index in [4.69, 9.17) is 15.2 Å². The zero-order valence-electron chi connectivity index (χ0n) is 14.4. The van der Waals surface area contributed by atoms with Gasteiger partial charge in [0, 0.05) is 0 Å². The average Bonchev–Trinajstić information content (AvgIpc) is 2.59. The first kappa shape index (κ1) is 19.8. The van der Waals surface area contributed by atoms with Crippen LogP contribution in [-0.2, 0) is 15.7 Å². The Morgan fingerprint density at radius 2 is 1.58 bits per heavy atom. The van der Waals surface area contributed by atoms with Crippen molar-refractivity contribution in [2.75, 3.05) is 0 Å². The van der Waals surface area contributed by atoms with Crippen molar-refractivity contribution in [1.82, 2.24) is 0 Å². The van der Waals surface area contributed by atoms with Gasteiger partial charge in [0.1, 0.15) is 17.9 Å². The van der Waals surface area contributed by atoms with E-state index in [0.29, 0.717) is 0 Å². The number of halogens is 3. The summed E-state index contributed by atoms with van der Waals surface area (Å²) in [5, 5.41) is 0. The van der Waals surface area contributed by atoms with Crippen LogP contribution in [-0.4, -0.2) is 18.1 Å². The van der Waals surface area contributed by atoms with Crippen LogP contribution >= 0.6 is 0 Å². The molecule has 0 amide bonds. The molecule has 0 fully saturated rings. The van der Waals surface area contributed by atoms with Gasteiger partial charge < -0.3 is 15.2 Å². The molecule has 0 aliphatic rings. The number of benzene rings is 2. The van der Waals surface area contributed by atoms with Gasteiger partial charge in [-0.25, -0.2) is 0 Å². The van der Waals surface area contributed by atoms with Gasteiger partial charge in [-0.2, -0.15) is 13.2 Å². The zero-order valence-corrected chi connectivity index (χ0v) is 14.4. The van der Waals surface area contributed by atoms with Crippen LogP contribution in [0.15, 0.2) is 54.6 Å². The highest BCUT2D eigenvalue weighted by Crippen LogP contribution is 2.32. The Morgan fingerprint density at radius 3 is 2.08 bits per heavy atom. The second kappa shape index (κ2) is 8.23. The van der Waals surface area contributed by atoms with Gasteiger partial charge >= 0.3 is 12.1 Å². The molecule has 0 radical (unpaired) electrons. The lowest BCUT2D eigenvalue weighted by molar-refractivity contribution is -0.154. The number of hydrogen-bond donors (Lipinski definition) is 1. The minimum atomic E-state index is -4.42. The predicted molar refractivity (Wildman–Crippen MR) is 90.5 cm³/mol. The number of carbonyl (C=O) groups is 1. The van der Waals surface area contributed by atoms with Crippen molar-refractivity contribution < 1.29 is 27.4 Å². The zero-order chi connectivity index (χ0) is 19.3. The van der Waals surface area contributed by atoms with Crippen LogP contribution < -0.4 is 10.5 Å². The Balaban J connectivity index is 2.23. The molecule has 0 saturated heterocycles. The average molecular weight is 367 g/mol. The maximum Gasteiger partial charge on any atom is 0.416 e. The van der Waals surface area contributed by atoms with Gasteiger partial charge in [-0.05, 0) is 43.7 Å². The summed E-state index contributed by atoms with van der Waals surface area (Å²) in [4.78, 5) is 11.8.